The van der Waals surface area contributed by atoms with E-state index < -0.39 is 0 Å². The van der Waals surface area contributed by atoms with E-state index in [9.17, 15) is 9.18 Å². The summed E-state index contributed by atoms with van der Waals surface area (Å²) in [5.74, 6) is 0.390. The molecule has 1 aliphatic rings. The summed E-state index contributed by atoms with van der Waals surface area (Å²) in [7, 11) is 0. The topological polar surface area (TPSA) is 77.1 Å². The smallest absolute Gasteiger partial charge is 0.258 e. The number of halogens is 1. The molecule has 1 aliphatic heterocycles. The van der Waals surface area contributed by atoms with Gasteiger partial charge in [-0.1, -0.05) is 24.3 Å². The number of hydrogen-bond acceptors (Lipinski definition) is 5. The molecule has 1 atom stereocenters. The van der Waals surface area contributed by atoms with Crippen molar-refractivity contribution in [1.82, 2.24) is 24.9 Å². The summed E-state index contributed by atoms with van der Waals surface area (Å²) >= 11 is 0. The lowest BCUT2D eigenvalue weighted by atomic mass is 9.93. The number of aryl methyl sites for hydroxylation is 1. The van der Waals surface area contributed by atoms with E-state index in [2.05, 4.69) is 21.4 Å². The second-order valence-corrected chi connectivity index (χ2v) is 7.61. The van der Waals surface area contributed by atoms with Gasteiger partial charge in [0.1, 0.15) is 11.9 Å². The van der Waals surface area contributed by atoms with E-state index in [1.54, 1.807) is 34.8 Å². The zero-order chi connectivity index (χ0) is 21.5. The number of rotatable bonds is 3. The van der Waals surface area contributed by atoms with E-state index >= 15 is 0 Å². The van der Waals surface area contributed by atoms with Crippen LogP contribution in [0.5, 0.6) is 0 Å². The van der Waals surface area contributed by atoms with Crippen LogP contribution in [-0.4, -0.2) is 30.8 Å². The Kier molecular flexibility index (Phi) is 4.62. The molecular weight excluding hydrogens is 397 g/mol. The van der Waals surface area contributed by atoms with Crippen LogP contribution in [0.3, 0.4) is 0 Å². The third-order valence-corrected chi connectivity index (χ3v) is 5.65. The lowest BCUT2D eigenvalue weighted by Crippen LogP contribution is -2.39. The third kappa shape index (κ3) is 3.39. The van der Waals surface area contributed by atoms with Gasteiger partial charge in [-0.2, -0.15) is 5.10 Å². The van der Waals surface area contributed by atoms with Gasteiger partial charge in [0.25, 0.3) is 5.91 Å². The molecule has 0 fully saturated rings. The second kappa shape index (κ2) is 7.46. The predicted octanol–water partition coefficient (Wildman–Crippen LogP) is 3.95. The minimum absolute atomic E-state index is 0.166. The Morgan fingerprint density at radius 3 is 2.52 bits per heavy atom. The Morgan fingerprint density at radius 2 is 1.81 bits per heavy atom. The van der Waals surface area contributed by atoms with Crippen LogP contribution < -0.4 is 0 Å². The van der Waals surface area contributed by atoms with E-state index in [0.29, 0.717) is 41.7 Å². The van der Waals surface area contributed by atoms with Crippen LogP contribution in [0, 0.1) is 19.7 Å². The van der Waals surface area contributed by atoms with Crippen molar-refractivity contribution in [3.8, 4) is 5.69 Å². The number of aromatic nitrogens is 4. The molecule has 0 saturated heterocycles. The molecule has 1 amide bonds. The van der Waals surface area contributed by atoms with Gasteiger partial charge in [-0.05, 0) is 42.3 Å². The molecule has 8 heteroatoms. The molecule has 156 valence electrons. The van der Waals surface area contributed by atoms with Crippen molar-refractivity contribution in [2.24, 2.45) is 0 Å². The van der Waals surface area contributed by atoms with Gasteiger partial charge in [-0.25, -0.2) is 9.07 Å². The Bertz CT molecular complexity index is 1260. The molecule has 0 spiro atoms. The minimum Gasteiger partial charge on any atom is -0.423 e. The highest BCUT2D eigenvalue weighted by Gasteiger charge is 2.35. The summed E-state index contributed by atoms with van der Waals surface area (Å²) in [5.41, 5.74) is 4.09. The first-order valence-corrected chi connectivity index (χ1v) is 9.99. The molecule has 31 heavy (non-hydrogen) atoms. The van der Waals surface area contributed by atoms with Crippen molar-refractivity contribution in [3.63, 3.8) is 0 Å². The van der Waals surface area contributed by atoms with Crippen LogP contribution in [0.25, 0.3) is 5.69 Å². The fraction of sp³-hybridized carbons (Fsp3) is 0.217. The van der Waals surface area contributed by atoms with Gasteiger partial charge in [0.05, 0.1) is 23.1 Å². The standard InChI is InChI=1S/C23H20FN5O2/c1-14-20(12-25-29(14)19-9-7-18(24)8-10-19)23(30)28-13-17-6-4-3-5-16(17)11-21(28)22-27-26-15(2)31-22/h3-10,12,21H,11,13H2,1-2H3. The van der Waals surface area contributed by atoms with Crippen molar-refractivity contribution in [3.05, 3.63) is 94.7 Å². The first-order valence-electron chi connectivity index (χ1n) is 9.99. The zero-order valence-corrected chi connectivity index (χ0v) is 17.1. The SMILES string of the molecule is Cc1nnc(C2Cc3ccccc3CN2C(=O)c2cnn(-c3ccc(F)cc3)c2C)o1. The van der Waals surface area contributed by atoms with E-state index in [-0.39, 0.29) is 17.8 Å². The van der Waals surface area contributed by atoms with Gasteiger partial charge in [0, 0.05) is 19.9 Å². The normalized spacial score (nSPS) is 15.7. The monoisotopic (exact) mass is 417 g/mol. The summed E-state index contributed by atoms with van der Waals surface area (Å²) in [5, 5.41) is 12.5. The van der Waals surface area contributed by atoms with Gasteiger partial charge in [-0.15, -0.1) is 10.2 Å². The highest BCUT2D eigenvalue weighted by molar-refractivity contribution is 5.95. The highest BCUT2D eigenvalue weighted by Crippen LogP contribution is 2.34. The molecule has 2 aromatic carbocycles. The van der Waals surface area contributed by atoms with E-state index in [1.165, 1.54) is 12.1 Å². The number of fused-ring (bicyclic) bond motifs is 1. The average Bonchev–Trinajstić information content (AvgIpc) is 3.38. The minimum atomic E-state index is -0.364. The Labute approximate surface area is 178 Å². The number of carbonyl (C=O) groups excluding carboxylic acids is 1. The molecule has 4 aromatic rings. The maximum absolute atomic E-state index is 13.6. The van der Waals surface area contributed by atoms with Crippen LogP contribution in [0.1, 0.15) is 45.0 Å². The van der Waals surface area contributed by atoms with Crippen molar-refractivity contribution in [2.45, 2.75) is 32.9 Å². The molecule has 0 aliphatic carbocycles. The Morgan fingerprint density at radius 1 is 1.06 bits per heavy atom. The van der Waals surface area contributed by atoms with Gasteiger partial charge >= 0.3 is 0 Å². The maximum atomic E-state index is 13.6. The first-order chi connectivity index (χ1) is 15.0. The lowest BCUT2D eigenvalue weighted by Gasteiger charge is -2.35. The predicted molar refractivity (Wildman–Crippen MR) is 110 cm³/mol. The molecule has 0 bridgehead atoms. The zero-order valence-electron chi connectivity index (χ0n) is 17.1. The quantitative estimate of drug-likeness (QED) is 0.504. The van der Waals surface area contributed by atoms with Gasteiger partial charge in [0.15, 0.2) is 0 Å². The van der Waals surface area contributed by atoms with Crippen LogP contribution >= 0.6 is 0 Å². The van der Waals surface area contributed by atoms with Crippen LogP contribution in [0.4, 0.5) is 4.39 Å². The maximum Gasteiger partial charge on any atom is 0.258 e. The van der Waals surface area contributed by atoms with Crippen molar-refractivity contribution in [2.75, 3.05) is 0 Å². The molecule has 0 radical (unpaired) electrons. The number of hydrogen-bond donors (Lipinski definition) is 0. The summed E-state index contributed by atoms with van der Waals surface area (Å²) in [6, 6.07) is 13.7. The summed E-state index contributed by atoms with van der Waals surface area (Å²) in [6.07, 6.45) is 2.15. The van der Waals surface area contributed by atoms with Crippen LogP contribution in [-0.2, 0) is 13.0 Å². The number of nitrogens with zero attached hydrogens (tertiary/aromatic N) is 5. The number of carbonyl (C=O) groups is 1. The molecule has 7 nitrogen and oxygen atoms in total. The van der Waals surface area contributed by atoms with Gasteiger partial charge in [0.2, 0.25) is 11.8 Å². The average molecular weight is 417 g/mol. The molecule has 2 aromatic heterocycles. The molecule has 5 rings (SSSR count). The number of amides is 1. The van der Waals surface area contributed by atoms with Crippen molar-refractivity contribution in [1.29, 1.82) is 0 Å². The van der Waals surface area contributed by atoms with Gasteiger partial charge in [-0.3, -0.25) is 4.79 Å². The van der Waals surface area contributed by atoms with Crippen LogP contribution in [0.15, 0.2) is 59.1 Å². The third-order valence-electron chi connectivity index (χ3n) is 5.65. The fourth-order valence-electron chi connectivity index (χ4n) is 4.02. The molecule has 3 heterocycles. The number of benzene rings is 2. The van der Waals surface area contributed by atoms with E-state index in [0.717, 1.165) is 11.1 Å². The largest absolute Gasteiger partial charge is 0.423 e. The molecule has 1 unspecified atom stereocenters. The Balaban J connectivity index is 1.53. The highest BCUT2D eigenvalue weighted by atomic mass is 19.1. The molecule has 0 saturated carbocycles. The summed E-state index contributed by atoms with van der Waals surface area (Å²) < 4.78 is 20.6. The van der Waals surface area contributed by atoms with Crippen molar-refractivity contribution >= 4 is 5.91 Å². The Hall–Kier alpha value is -3.81. The summed E-state index contributed by atoms with van der Waals surface area (Å²) in [6.45, 7) is 3.99. The van der Waals surface area contributed by atoms with Gasteiger partial charge < -0.3 is 9.32 Å². The van der Waals surface area contributed by atoms with E-state index in [1.807, 2.05) is 25.1 Å². The van der Waals surface area contributed by atoms with E-state index in [4.69, 9.17) is 4.42 Å². The molecule has 0 N–H and O–H groups in total. The molecular formula is C23H20FN5O2. The van der Waals surface area contributed by atoms with Crippen LogP contribution in [0.2, 0.25) is 0 Å². The second-order valence-electron chi connectivity index (χ2n) is 7.61. The first kappa shape index (κ1) is 19.2. The fourth-order valence-corrected chi connectivity index (χ4v) is 4.02. The summed E-state index contributed by atoms with van der Waals surface area (Å²) in [4.78, 5) is 15.4. The van der Waals surface area contributed by atoms with Crippen molar-refractivity contribution < 1.29 is 13.6 Å². The lowest BCUT2D eigenvalue weighted by molar-refractivity contribution is 0.0602.